The molecule has 6 nitrogen and oxygen atoms in total. The molecule has 1 aliphatic rings. The van der Waals surface area contributed by atoms with Crippen LogP contribution in [-0.2, 0) is 25.5 Å². The van der Waals surface area contributed by atoms with E-state index < -0.39 is 18.1 Å². The first kappa shape index (κ1) is 23.6. The molecule has 2 rings (SSSR count). The summed E-state index contributed by atoms with van der Waals surface area (Å²) in [5.41, 5.74) is 2.25. The lowest BCUT2D eigenvalue weighted by atomic mass is 9.97. The van der Waals surface area contributed by atoms with Crippen molar-refractivity contribution in [1.82, 2.24) is 10.6 Å². The maximum atomic E-state index is 12.6. The number of allylic oxidation sites excluding steroid dienone is 1. The molecule has 2 N–H and O–H groups in total. The highest BCUT2D eigenvalue weighted by Gasteiger charge is 2.28. The Morgan fingerprint density at radius 1 is 1.07 bits per heavy atom. The average Bonchev–Trinajstić information content (AvgIpc) is 2.73. The minimum absolute atomic E-state index is 0.161. The number of amides is 2. The molecule has 6 heteroatoms. The van der Waals surface area contributed by atoms with Gasteiger partial charge in [-0.2, -0.15) is 0 Å². The van der Waals surface area contributed by atoms with Crippen LogP contribution >= 0.6 is 0 Å². The van der Waals surface area contributed by atoms with E-state index in [1.54, 1.807) is 6.92 Å². The lowest BCUT2D eigenvalue weighted by Gasteiger charge is -2.23. The van der Waals surface area contributed by atoms with Crippen LogP contribution in [0.15, 0.2) is 42.0 Å². The molecule has 1 aliphatic carbocycles. The Bertz CT molecular complexity index is 743. The van der Waals surface area contributed by atoms with Crippen molar-refractivity contribution in [2.45, 2.75) is 71.4 Å². The van der Waals surface area contributed by atoms with E-state index in [1.807, 2.05) is 44.2 Å². The van der Waals surface area contributed by atoms with Crippen molar-refractivity contribution in [3.8, 4) is 0 Å². The number of hydrogen-bond donors (Lipinski definition) is 2. The van der Waals surface area contributed by atoms with Gasteiger partial charge in [0, 0.05) is 6.54 Å². The SMILES string of the molecule is CC(C)[C@H](NC(=O)Cc1ccccc1)C(=O)O[C@@H](C)C(=O)NCCC1=CCCCC1. The van der Waals surface area contributed by atoms with Gasteiger partial charge >= 0.3 is 5.97 Å². The zero-order valence-corrected chi connectivity index (χ0v) is 18.3. The first-order valence-corrected chi connectivity index (χ1v) is 10.9. The fourth-order valence-corrected chi connectivity index (χ4v) is 3.43. The molecule has 0 heterocycles. The molecule has 164 valence electrons. The van der Waals surface area contributed by atoms with Gasteiger partial charge in [-0.25, -0.2) is 4.79 Å². The molecular formula is C24H34N2O4. The van der Waals surface area contributed by atoms with Crippen LogP contribution in [0.2, 0.25) is 0 Å². The lowest BCUT2D eigenvalue weighted by Crippen LogP contribution is -2.48. The summed E-state index contributed by atoms with van der Waals surface area (Å²) in [5, 5.41) is 5.57. The number of nitrogens with one attached hydrogen (secondary N) is 2. The van der Waals surface area contributed by atoms with Crippen molar-refractivity contribution in [2.75, 3.05) is 6.54 Å². The van der Waals surface area contributed by atoms with Gasteiger partial charge in [-0.15, -0.1) is 0 Å². The molecule has 2 atom stereocenters. The van der Waals surface area contributed by atoms with Crippen LogP contribution in [0.3, 0.4) is 0 Å². The molecule has 0 aromatic heterocycles. The van der Waals surface area contributed by atoms with E-state index >= 15 is 0 Å². The Kier molecular flexibility index (Phi) is 9.58. The number of ether oxygens (including phenoxy) is 1. The second kappa shape index (κ2) is 12.2. The van der Waals surface area contributed by atoms with Gasteiger partial charge in [0.1, 0.15) is 6.04 Å². The lowest BCUT2D eigenvalue weighted by molar-refractivity contribution is -0.158. The van der Waals surface area contributed by atoms with Crippen molar-refractivity contribution < 1.29 is 19.1 Å². The normalized spacial score (nSPS) is 15.7. The second-order valence-electron chi connectivity index (χ2n) is 8.18. The number of carbonyl (C=O) groups is 3. The minimum atomic E-state index is -0.912. The van der Waals surface area contributed by atoms with Crippen LogP contribution in [0.4, 0.5) is 0 Å². The molecule has 0 aliphatic heterocycles. The summed E-state index contributed by atoms with van der Waals surface area (Å²) in [6.45, 7) is 5.75. The Labute approximate surface area is 179 Å². The Morgan fingerprint density at radius 2 is 1.80 bits per heavy atom. The smallest absolute Gasteiger partial charge is 0.329 e. The standard InChI is InChI=1S/C24H34N2O4/c1-17(2)22(26-21(27)16-20-12-8-5-9-13-20)24(29)30-18(3)23(28)25-15-14-19-10-6-4-7-11-19/h5,8-10,12-13,17-18,22H,4,6-7,11,14-16H2,1-3H3,(H,25,28)(H,26,27)/t18-,22-/m0/s1. The predicted molar refractivity (Wildman–Crippen MR) is 117 cm³/mol. The Balaban J connectivity index is 1.80. The molecule has 2 amide bonds. The van der Waals surface area contributed by atoms with Gasteiger partial charge in [-0.05, 0) is 50.5 Å². The molecule has 0 spiro atoms. The number of hydrogen-bond acceptors (Lipinski definition) is 4. The molecule has 30 heavy (non-hydrogen) atoms. The highest BCUT2D eigenvalue weighted by atomic mass is 16.5. The molecule has 0 saturated heterocycles. The van der Waals surface area contributed by atoms with Gasteiger partial charge in [-0.1, -0.05) is 55.8 Å². The summed E-state index contributed by atoms with van der Waals surface area (Å²) >= 11 is 0. The molecule has 1 aromatic carbocycles. The average molecular weight is 415 g/mol. The van der Waals surface area contributed by atoms with E-state index in [0.717, 1.165) is 24.8 Å². The molecule has 0 fully saturated rings. The molecule has 0 unspecified atom stereocenters. The van der Waals surface area contributed by atoms with Gasteiger partial charge in [0.05, 0.1) is 6.42 Å². The quantitative estimate of drug-likeness (QED) is 0.454. The van der Waals surface area contributed by atoms with Crippen molar-refractivity contribution in [3.63, 3.8) is 0 Å². The summed E-state index contributed by atoms with van der Waals surface area (Å²) in [5.74, 6) is -1.33. The van der Waals surface area contributed by atoms with Crippen molar-refractivity contribution in [1.29, 1.82) is 0 Å². The van der Waals surface area contributed by atoms with Gasteiger partial charge in [0.15, 0.2) is 6.10 Å². The zero-order chi connectivity index (χ0) is 21.9. The molecule has 0 radical (unpaired) electrons. The summed E-state index contributed by atoms with van der Waals surface area (Å²) < 4.78 is 5.35. The third-order valence-electron chi connectivity index (χ3n) is 5.24. The first-order chi connectivity index (χ1) is 14.4. The zero-order valence-electron chi connectivity index (χ0n) is 18.3. The van der Waals surface area contributed by atoms with Gasteiger partial charge < -0.3 is 15.4 Å². The van der Waals surface area contributed by atoms with Crippen LogP contribution in [0.1, 0.15) is 58.4 Å². The van der Waals surface area contributed by atoms with E-state index in [9.17, 15) is 14.4 Å². The van der Waals surface area contributed by atoms with Crippen LogP contribution in [0, 0.1) is 5.92 Å². The maximum Gasteiger partial charge on any atom is 0.329 e. The van der Waals surface area contributed by atoms with E-state index in [0.29, 0.717) is 6.54 Å². The molecule has 0 saturated carbocycles. The predicted octanol–water partition coefficient (Wildman–Crippen LogP) is 3.31. The highest BCUT2D eigenvalue weighted by Crippen LogP contribution is 2.19. The van der Waals surface area contributed by atoms with E-state index in [2.05, 4.69) is 16.7 Å². The summed E-state index contributed by atoms with van der Waals surface area (Å²) in [7, 11) is 0. The van der Waals surface area contributed by atoms with Crippen LogP contribution < -0.4 is 10.6 Å². The van der Waals surface area contributed by atoms with Crippen molar-refractivity contribution in [3.05, 3.63) is 47.5 Å². The topological polar surface area (TPSA) is 84.5 Å². The van der Waals surface area contributed by atoms with Gasteiger partial charge in [0.25, 0.3) is 5.91 Å². The van der Waals surface area contributed by atoms with Crippen LogP contribution in [-0.4, -0.2) is 36.5 Å². The number of benzene rings is 1. The molecule has 1 aromatic rings. The van der Waals surface area contributed by atoms with E-state index in [1.165, 1.54) is 18.4 Å². The van der Waals surface area contributed by atoms with E-state index in [-0.39, 0.29) is 24.2 Å². The monoisotopic (exact) mass is 414 g/mol. The largest absolute Gasteiger partial charge is 0.451 e. The van der Waals surface area contributed by atoms with Crippen LogP contribution in [0.25, 0.3) is 0 Å². The number of esters is 1. The fraction of sp³-hybridized carbons (Fsp3) is 0.542. The van der Waals surface area contributed by atoms with Gasteiger partial charge in [0.2, 0.25) is 5.91 Å². The van der Waals surface area contributed by atoms with Crippen molar-refractivity contribution in [2.24, 2.45) is 5.92 Å². The first-order valence-electron chi connectivity index (χ1n) is 10.9. The van der Waals surface area contributed by atoms with Gasteiger partial charge in [-0.3, -0.25) is 9.59 Å². The van der Waals surface area contributed by atoms with Crippen LogP contribution in [0.5, 0.6) is 0 Å². The third kappa shape index (κ3) is 8.01. The Hall–Kier alpha value is -2.63. The maximum absolute atomic E-state index is 12.6. The summed E-state index contributed by atoms with van der Waals surface area (Å²) in [4.78, 5) is 37.2. The highest BCUT2D eigenvalue weighted by molar-refractivity contribution is 5.88. The fourth-order valence-electron chi connectivity index (χ4n) is 3.43. The van der Waals surface area contributed by atoms with E-state index in [4.69, 9.17) is 4.74 Å². The third-order valence-corrected chi connectivity index (χ3v) is 5.24. The number of carbonyl (C=O) groups excluding carboxylic acids is 3. The second-order valence-corrected chi connectivity index (χ2v) is 8.18. The molecular weight excluding hydrogens is 380 g/mol. The number of rotatable bonds is 10. The summed E-state index contributed by atoms with van der Waals surface area (Å²) in [6.07, 6.45) is 7.01. The molecule has 0 bridgehead atoms. The Morgan fingerprint density at radius 3 is 2.43 bits per heavy atom. The summed E-state index contributed by atoms with van der Waals surface area (Å²) in [6, 6.07) is 8.53. The minimum Gasteiger partial charge on any atom is -0.451 e. The van der Waals surface area contributed by atoms with Crippen molar-refractivity contribution >= 4 is 17.8 Å².